The van der Waals surface area contributed by atoms with E-state index < -0.39 is 30.2 Å². The maximum atomic E-state index is 13.0. The van der Waals surface area contributed by atoms with Crippen molar-refractivity contribution in [3.63, 3.8) is 0 Å². The lowest BCUT2D eigenvalue weighted by molar-refractivity contribution is 0.307. The number of ether oxygens (including phenoxy) is 2. The van der Waals surface area contributed by atoms with Crippen molar-refractivity contribution in [3.8, 4) is 22.6 Å². The fourth-order valence-electron chi connectivity index (χ4n) is 5.36. The van der Waals surface area contributed by atoms with Crippen LogP contribution in [0.15, 0.2) is 107 Å². The zero-order chi connectivity index (χ0) is 30.5. The summed E-state index contributed by atoms with van der Waals surface area (Å²) in [5.74, 6) is 1.34. The van der Waals surface area contributed by atoms with E-state index in [4.69, 9.17) is 20.9 Å². The van der Waals surface area contributed by atoms with Crippen LogP contribution in [0.25, 0.3) is 11.1 Å². The van der Waals surface area contributed by atoms with Crippen molar-refractivity contribution in [1.29, 1.82) is 0 Å². The monoisotopic (exact) mass is 620 g/mol. The highest BCUT2D eigenvalue weighted by molar-refractivity contribution is 7.92. The first-order valence-electron chi connectivity index (χ1n) is 14.2. The molecule has 0 saturated carbocycles. The molecule has 4 aromatic rings. The second kappa shape index (κ2) is 13.3. The molecule has 1 aliphatic rings. The molecule has 1 aliphatic carbocycles. The second-order valence-electron chi connectivity index (χ2n) is 10.5. The Morgan fingerprint density at radius 1 is 0.581 bits per heavy atom. The Bertz CT molecular complexity index is 1630. The molecular formula is C33H36N2O6S2. The average Bonchev–Trinajstić information content (AvgIpc) is 3.39. The number of hydrogen-bond donors (Lipinski definition) is 2. The van der Waals surface area contributed by atoms with Crippen molar-refractivity contribution < 1.29 is 26.3 Å². The van der Waals surface area contributed by atoms with Crippen molar-refractivity contribution in [2.45, 2.75) is 39.6 Å². The van der Waals surface area contributed by atoms with Gasteiger partial charge in [-0.25, -0.2) is 16.8 Å². The van der Waals surface area contributed by atoms with Gasteiger partial charge in [-0.3, -0.25) is 0 Å². The molecule has 0 bridgehead atoms. The van der Waals surface area contributed by atoms with Crippen LogP contribution in [0.5, 0.6) is 11.5 Å². The van der Waals surface area contributed by atoms with Crippen molar-refractivity contribution in [2.24, 2.45) is 11.5 Å². The van der Waals surface area contributed by atoms with E-state index in [9.17, 15) is 16.8 Å². The average molecular weight is 621 g/mol. The Hall–Kier alpha value is -3.70. The van der Waals surface area contributed by atoms with Crippen LogP contribution >= 0.6 is 0 Å². The van der Waals surface area contributed by atoms with Crippen LogP contribution < -0.4 is 20.9 Å². The van der Waals surface area contributed by atoms with E-state index in [1.165, 1.54) is 0 Å². The van der Waals surface area contributed by atoms with Gasteiger partial charge >= 0.3 is 0 Å². The third kappa shape index (κ3) is 6.78. The van der Waals surface area contributed by atoms with Crippen LogP contribution in [0.1, 0.15) is 24.0 Å². The summed E-state index contributed by atoms with van der Waals surface area (Å²) in [6.07, 6.45) is 1.26. The third-order valence-corrected chi connectivity index (χ3v) is 12.3. The minimum absolute atomic E-state index is 0.0141. The minimum Gasteiger partial charge on any atom is -0.494 e. The van der Waals surface area contributed by atoms with Gasteiger partial charge in [-0.1, -0.05) is 48.5 Å². The second-order valence-corrected chi connectivity index (χ2v) is 15.0. The Labute approximate surface area is 253 Å². The molecule has 8 nitrogen and oxygen atoms in total. The number of rotatable bonds is 14. The normalized spacial score (nSPS) is 14.0. The zero-order valence-electron chi connectivity index (χ0n) is 23.8. The van der Waals surface area contributed by atoms with E-state index in [2.05, 4.69) is 0 Å². The fraction of sp³-hybridized carbons (Fsp3) is 0.273. The van der Waals surface area contributed by atoms with Gasteiger partial charge in [0.2, 0.25) is 0 Å². The van der Waals surface area contributed by atoms with Gasteiger partial charge in [0.05, 0.1) is 33.5 Å². The highest BCUT2D eigenvalue weighted by atomic mass is 32.2. The Balaban J connectivity index is 1.17. The van der Waals surface area contributed by atoms with Gasteiger partial charge in [-0.15, -0.1) is 0 Å². The fourth-order valence-corrected chi connectivity index (χ4v) is 8.53. The highest BCUT2D eigenvalue weighted by Crippen LogP contribution is 2.40. The predicted octanol–water partition coefficient (Wildman–Crippen LogP) is 4.40. The lowest BCUT2D eigenvalue weighted by atomic mass is 10.1. The largest absolute Gasteiger partial charge is 0.494 e. The van der Waals surface area contributed by atoms with E-state index >= 15 is 0 Å². The number of nitrogens with two attached hydrogens (primary N) is 2. The number of benzene rings is 4. The van der Waals surface area contributed by atoms with Crippen molar-refractivity contribution in [2.75, 3.05) is 26.3 Å². The van der Waals surface area contributed by atoms with Crippen molar-refractivity contribution >= 4 is 19.7 Å². The van der Waals surface area contributed by atoms with Crippen LogP contribution in [-0.4, -0.2) is 53.6 Å². The van der Waals surface area contributed by atoms with Gasteiger partial charge in [0, 0.05) is 13.1 Å². The minimum atomic E-state index is -3.54. The lowest BCUT2D eigenvalue weighted by Gasteiger charge is -2.16. The van der Waals surface area contributed by atoms with E-state index in [1.54, 1.807) is 60.7 Å². The van der Waals surface area contributed by atoms with E-state index in [0.29, 0.717) is 17.9 Å². The van der Waals surface area contributed by atoms with E-state index in [0.717, 1.165) is 22.3 Å². The first kappa shape index (κ1) is 30.7. The molecule has 43 heavy (non-hydrogen) atoms. The molecule has 0 fully saturated rings. The molecule has 4 aromatic carbocycles. The number of fused-ring (bicyclic) bond motifs is 3. The maximum absolute atomic E-state index is 13.0. The molecule has 4 N–H and O–H groups in total. The SMILES string of the molecule is NCC(CCOc1ccc2c(c1)Cc1cc(OCCC(CN)S(=O)(=O)c3ccccc3)ccc1-2)S(=O)(=O)c1ccccc1. The van der Waals surface area contributed by atoms with E-state index in [1.807, 2.05) is 36.4 Å². The standard InChI is InChI=1S/C33H36N2O6S2/c34-22-30(42(36,37)28-7-3-1-4-8-28)15-17-40-26-11-13-32-24(20-26)19-25-21-27(12-14-33(25)32)41-18-16-31(23-35)43(38,39)29-9-5-2-6-10-29/h1-14,20-21,30-31H,15-19,22-23,34-35H2. The van der Waals surface area contributed by atoms with Crippen LogP contribution in [-0.2, 0) is 26.1 Å². The summed E-state index contributed by atoms with van der Waals surface area (Å²) in [5, 5.41) is -1.46. The molecule has 2 unspecified atom stereocenters. The van der Waals surface area contributed by atoms with Gasteiger partial charge in [-0.2, -0.15) is 0 Å². The quantitative estimate of drug-likeness (QED) is 0.186. The molecule has 226 valence electrons. The van der Waals surface area contributed by atoms with Gasteiger partial charge in [0.25, 0.3) is 0 Å². The maximum Gasteiger partial charge on any atom is 0.182 e. The molecule has 0 saturated heterocycles. The van der Waals surface area contributed by atoms with E-state index in [-0.39, 0.29) is 48.9 Å². The molecule has 10 heteroatoms. The number of sulfone groups is 2. The Morgan fingerprint density at radius 3 is 1.35 bits per heavy atom. The molecule has 0 radical (unpaired) electrons. The van der Waals surface area contributed by atoms with Gasteiger partial charge in [-0.05, 0) is 90.0 Å². The molecule has 0 amide bonds. The van der Waals surface area contributed by atoms with Crippen LogP contribution in [0.3, 0.4) is 0 Å². The van der Waals surface area contributed by atoms with Gasteiger partial charge in [0.15, 0.2) is 19.7 Å². The highest BCUT2D eigenvalue weighted by Gasteiger charge is 2.27. The molecule has 0 aliphatic heterocycles. The summed E-state index contributed by atoms with van der Waals surface area (Å²) in [5.41, 5.74) is 16.1. The smallest absolute Gasteiger partial charge is 0.182 e. The zero-order valence-corrected chi connectivity index (χ0v) is 25.4. The van der Waals surface area contributed by atoms with Gasteiger partial charge < -0.3 is 20.9 Å². The summed E-state index contributed by atoms with van der Waals surface area (Å²) in [6.45, 7) is 0.475. The summed E-state index contributed by atoms with van der Waals surface area (Å²) in [4.78, 5) is 0.529. The molecule has 0 aromatic heterocycles. The summed E-state index contributed by atoms with van der Waals surface area (Å²) in [7, 11) is -7.08. The summed E-state index contributed by atoms with van der Waals surface area (Å²) < 4.78 is 63.7. The summed E-state index contributed by atoms with van der Waals surface area (Å²) in [6, 6.07) is 28.5. The van der Waals surface area contributed by atoms with Crippen LogP contribution in [0, 0.1) is 0 Å². The summed E-state index contributed by atoms with van der Waals surface area (Å²) >= 11 is 0. The first-order chi connectivity index (χ1) is 20.7. The molecule has 2 atom stereocenters. The Kier molecular flexibility index (Phi) is 9.51. The van der Waals surface area contributed by atoms with Crippen molar-refractivity contribution in [3.05, 3.63) is 108 Å². The topological polar surface area (TPSA) is 139 Å². The molecule has 5 rings (SSSR count). The van der Waals surface area contributed by atoms with Gasteiger partial charge in [0.1, 0.15) is 11.5 Å². The van der Waals surface area contributed by atoms with Crippen molar-refractivity contribution in [1.82, 2.24) is 0 Å². The molecular weight excluding hydrogens is 585 g/mol. The third-order valence-electron chi connectivity index (χ3n) is 7.79. The number of hydrogen-bond acceptors (Lipinski definition) is 8. The lowest BCUT2D eigenvalue weighted by Crippen LogP contribution is -2.31. The molecule has 0 spiro atoms. The van der Waals surface area contributed by atoms with Crippen LogP contribution in [0.2, 0.25) is 0 Å². The molecule has 0 heterocycles. The first-order valence-corrected chi connectivity index (χ1v) is 17.3. The van der Waals surface area contributed by atoms with Crippen LogP contribution in [0.4, 0.5) is 0 Å². The Morgan fingerprint density at radius 2 is 0.977 bits per heavy atom. The predicted molar refractivity (Wildman–Crippen MR) is 168 cm³/mol.